The van der Waals surface area contributed by atoms with Crippen LogP contribution < -0.4 is 0 Å². The zero-order valence-corrected chi connectivity index (χ0v) is 10.9. The topological polar surface area (TPSA) is 50.9 Å². The molecule has 0 amide bonds. The summed E-state index contributed by atoms with van der Waals surface area (Å²) in [6, 6.07) is 2.02. The van der Waals surface area contributed by atoms with Crippen molar-refractivity contribution >= 4 is 11.2 Å². The molecule has 1 unspecified atom stereocenters. The van der Waals surface area contributed by atoms with Crippen LogP contribution in [0.5, 0.6) is 0 Å². The molecule has 2 aromatic rings. The van der Waals surface area contributed by atoms with E-state index < -0.39 is 0 Å². The van der Waals surface area contributed by atoms with Crippen LogP contribution in [0.15, 0.2) is 6.07 Å². The lowest BCUT2D eigenvalue weighted by Gasteiger charge is -2.06. The highest BCUT2D eigenvalue weighted by Crippen LogP contribution is 2.19. The Morgan fingerprint density at radius 3 is 2.71 bits per heavy atom. The number of rotatable bonds is 3. The zero-order chi connectivity index (χ0) is 12.6. The molecule has 0 saturated heterocycles. The number of aliphatic hydroxyl groups is 1. The summed E-state index contributed by atoms with van der Waals surface area (Å²) in [7, 11) is 1.99. The third kappa shape index (κ3) is 2.17. The van der Waals surface area contributed by atoms with Crippen LogP contribution in [0.25, 0.3) is 11.2 Å². The van der Waals surface area contributed by atoms with Crippen LogP contribution in [0.4, 0.5) is 0 Å². The normalized spacial score (nSPS) is 13.2. The van der Waals surface area contributed by atoms with Gasteiger partial charge in [0.15, 0.2) is 5.65 Å². The Bertz CT molecular complexity index is 543. The van der Waals surface area contributed by atoms with Gasteiger partial charge in [0, 0.05) is 25.6 Å². The minimum absolute atomic E-state index is 0.363. The average Bonchev–Trinajstić information content (AvgIpc) is 2.56. The average molecular weight is 233 g/mol. The molecule has 2 heterocycles. The van der Waals surface area contributed by atoms with Gasteiger partial charge >= 0.3 is 0 Å². The van der Waals surface area contributed by atoms with Crippen molar-refractivity contribution in [2.45, 2.75) is 39.7 Å². The highest BCUT2D eigenvalue weighted by atomic mass is 16.3. The lowest BCUT2D eigenvalue weighted by Crippen LogP contribution is -2.07. The van der Waals surface area contributed by atoms with E-state index in [1.807, 2.05) is 24.6 Å². The largest absolute Gasteiger partial charge is 0.393 e. The standard InChI is InChI=1S/C13H19N3O/c1-5-11-15-12-8(2)6-10(7-9(3)17)14-13(12)16(11)4/h6,9,17H,5,7H2,1-4H3. The summed E-state index contributed by atoms with van der Waals surface area (Å²) in [6.07, 6.45) is 1.12. The molecule has 1 N–H and O–H groups in total. The van der Waals surface area contributed by atoms with Crippen LogP contribution in [0.1, 0.15) is 30.9 Å². The molecule has 0 bridgehead atoms. The predicted octanol–water partition coefficient (Wildman–Crippen LogP) is 1.76. The number of nitrogens with zero attached hydrogens (tertiary/aromatic N) is 3. The summed E-state index contributed by atoms with van der Waals surface area (Å²) < 4.78 is 2.04. The van der Waals surface area contributed by atoms with E-state index in [0.717, 1.165) is 34.7 Å². The predicted molar refractivity (Wildman–Crippen MR) is 68.0 cm³/mol. The Hall–Kier alpha value is -1.42. The Morgan fingerprint density at radius 1 is 1.41 bits per heavy atom. The van der Waals surface area contributed by atoms with E-state index in [1.54, 1.807) is 6.92 Å². The molecule has 0 fully saturated rings. The number of fused-ring (bicyclic) bond motifs is 1. The number of aliphatic hydroxyl groups excluding tert-OH is 1. The first kappa shape index (κ1) is 12.0. The van der Waals surface area contributed by atoms with Crippen molar-refractivity contribution in [3.8, 4) is 0 Å². The Balaban J connectivity index is 2.59. The number of pyridine rings is 1. The number of hydrogen-bond donors (Lipinski definition) is 1. The van der Waals surface area contributed by atoms with Crippen LogP contribution in [0.3, 0.4) is 0 Å². The number of imidazole rings is 1. The van der Waals surface area contributed by atoms with Gasteiger partial charge < -0.3 is 9.67 Å². The third-order valence-electron chi connectivity index (χ3n) is 2.98. The van der Waals surface area contributed by atoms with E-state index in [4.69, 9.17) is 0 Å². The van der Waals surface area contributed by atoms with Gasteiger partial charge in [-0.1, -0.05) is 6.92 Å². The maximum atomic E-state index is 9.43. The first-order valence-corrected chi connectivity index (χ1v) is 6.02. The van der Waals surface area contributed by atoms with Crippen molar-refractivity contribution in [3.63, 3.8) is 0 Å². The van der Waals surface area contributed by atoms with Crippen LogP contribution in [-0.4, -0.2) is 25.7 Å². The Morgan fingerprint density at radius 2 is 2.12 bits per heavy atom. The van der Waals surface area contributed by atoms with Gasteiger partial charge in [-0.05, 0) is 25.5 Å². The minimum atomic E-state index is -0.363. The molecule has 0 aromatic carbocycles. The fourth-order valence-corrected chi connectivity index (χ4v) is 2.14. The molecule has 0 saturated carbocycles. The SMILES string of the molecule is CCc1nc2c(C)cc(CC(C)O)nc2n1C. The maximum Gasteiger partial charge on any atom is 0.160 e. The van der Waals surface area contributed by atoms with Crippen LogP contribution >= 0.6 is 0 Å². The van der Waals surface area contributed by atoms with Gasteiger partial charge in [0.2, 0.25) is 0 Å². The second kappa shape index (κ2) is 4.45. The van der Waals surface area contributed by atoms with E-state index in [-0.39, 0.29) is 6.10 Å². The van der Waals surface area contributed by atoms with E-state index in [9.17, 15) is 5.11 Å². The molecule has 4 heteroatoms. The molecule has 2 aromatic heterocycles. The minimum Gasteiger partial charge on any atom is -0.393 e. The summed E-state index contributed by atoms with van der Waals surface area (Å²) in [4.78, 5) is 9.17. The van der Waals surface area contributed by atoms with Gasteiger partial charge in [-0.2, -0.15) is 0 Å². The molecular weight excluding hydrogens is 214 g/mol. The number of aryl methyl sites for hydroxylation is 3. The molecule has 0 aliphatic rings. The van der Waals surface area contributed by atoms with Crippen molar-refractivity contribution < 1.29 is 5.11 Å². The van der Waals surface area contributed by atoms with Crippen molar-refractivity contribution in [2.75, 3.05) is 0 Å². The maximum absolute atomic E-state index is 9.43. The summed E-state index contributed by atoms with van der Waals surface area (Å²) >= 11 is 0. The molecule has 92 valence electrons. The molecule has 1 atom stereocenters. The monoisotopic (exact) mass is 233 g/mol. The molecule has 2 rings (SSSR count). The van der Waals surface area contributed by atoms with Crippen LogP contribution in [-0.2, 0) is 19.9 Å². The van der Waals surface area contributed by atoms with E-state index in [1.165, 1.54) is 0 Å². The van der Waals surface area contributed by atoms with Crippen molar-refractivity contribution in [1.82, 2.24) is 14.5 Å². The van der Waals surface area contributed by atoms with Crippen LogP contribution in [0.2, 0.25) is 0 Å². The molecule has 0 aliphatic heterocycles. The highest BCUT2D eigenvalue weighted by molar-refractivity contribution is 5.75. The quantitative estimate of drug-likeness (QED) is 0.879. The molecule has 17 heavy (non-hydrogen) atoms. The van der Waals surface area contributed by atoms with Gasteiger partial charge in [-0.3, -0.25) is 0 Å². The molecular formula is C13H19N3O. The summed E-state index contributed by atoms with van der Waals surface area (Å²) in [6.45, 7) is 5.91. The van der Waals surface area contributed by atoms with E-state index >= 15 is 0 Å². The molecule has 0 aliphatic carbocycles. The molecule has 0 radical (unpaired) electrons. The second-order valence-corrected chi connectivity index (χ2v) is 4.60. The van der Waals surface area contributed by atoms with E-state index in [0.29, 0.717) is 6.42 Å². The van der Waals surface area contributed by atoms with Crippen LogP contribution in [0, 0.1) is 6.92 Å². The molecule has 4 nitrogen and oxygen atoms in total. The van der Waals surface area contributed by atoms with Crippen molar-refractivity contribution in [3.05, 3.63) is 23.1 Å². The van der Waals surface area contributed by atoms with Gasteiger partial charge in [-0.15, -0.1) is 0 Å². The Kier molecular flexibility index (Phi) is 3.15. The zero-order valence-electron chi connectivity index (χ0n) is 10.9. The highest BCUT2D eigenvalue weighted by Gasteiger charge is 2.12. The lowest BCUT2D eigenvalue weighted by molar-refractivity contribution is 0.194. The molecule has 0 spiro atoms. The second-order valence-electron chi connectivity index (χ2n) is 4.60. The van der Waals surface area contributed by atoms with Gasteiger partial charge in [0.05, 0.1) is 6.10 Å². The van der Waals surface area contributed by atoms with Crippen molar-refractivity contribution in [1.29, 1.82) is 0 Å². The first-order valence-electron chi connectivity index (χ1n) is 6.02. The van der Waals surface area contributed by atoms with Crippen molar-refractivity contribution in [2.24, 2.45) is 7.05 Å². The summed E-state index contributed by atoms with van der Waals surface area (Å²) in [5, 5.41) is 9.43. The smallest absolute Gasteiger partial charge is 0.160 e. The van der Waals surface area contributed by atoms with Gasteiger partial charge in [0.25, 0.3) is 0 Å². The van der Waals surface area contributed by atoms with Gasteiger partial charge in [0.1, 0.15) is 11.3 Å². The number of hydrogen-bond acceptors (Lipinski definition) is 3. The fraction of sp³-hybridized carbons (Fsp3) is 0.538. The number of aromatic nitrogens is 3. The third-order valence-corrected chi connectivity index (χ3v) is 2.98. The summed E-state index contributed by atoms with van der Waals surface area (Å²) in [5.41, 5.74) is 3.94. The summed E-state index contributed by atoms with van der Waals surface area (Å²) in [5.74, 6) is 1.05. The Labute approximate surface area is 101 Å². The van der Waals surface area contributed by atoms with E-state index in [2.05, 4.69) is 16.9 Å². The fourth-order valence-electron chi connectivity index (χ4n) is 2.14. The first-order chi connectivity index (χ1) is 8.02. The lowest BCUT2D eigenvalue weighted by atomic mass is 10.1. The van der Waals surface area contributed by atoms with Gasteiger partial charge in [-0.25, -0.2) is 9.97 Å².